The van der Waals surface area contributed by atoms with Gasteiger partial charge in [0.2, 0.25) is 0 Å². The van der Waals surface area contributed by atoms with E-state index >= 15 is 0 Å². The maximum atomic E-state index is 6.20. The minimum atomic E-state index is 0.679. The zero-order valence-electron chi connectivity index (χ0n) is 10.3. The summed E-state index contributed by atoms with van der Waals surface area (Å²) in [7, 11) is 0. The maximum absolute atomic E-state index is 6.20. The Balaban J connectivity index is 1.56. The molecule has 1 heterocycles. The highest BCUT2D eigenvalue weighted by molar-refractivity contribution is 6.29. The quantitative estimate of drug-likeness (QED) is 0.793. The van der Waals surface area contributed by atoms with Crippen molar-refractivity contribution >= 4 is 11.6 Å². The van der Waals surface area contributed by atoms with Crippen molar-refractivity contribution in [3.63, 3.8) is 0 Å². The fourth-order valence-electron chi connectivity index (χ4n) is 2.23. The molecule has 0 amide bonds. The van der Waals surface area contributed by atoms with Crippen LogP contribution in [0.2, 0.25) is 5.15 Å². The molecular formula is C15H17ClN2. The summed E-state index contributed by atoms with van der Waals surface area (Å²) in [4.78, 5) is 0. The van der Waals surface area contributed by atoms with Crippen LogP contribution in [0, 0.1) is 0 Å². The molecule has 0 unspecified atom stereocenters. The van der Waals surface area contributed by atoms with Crippen molar-refractivity contribution in [2.75, 3.05) is 0 Å². The second kappa shape index (κ2) is 5.15. The third kappa shape index (κ3) is 2.75. The van der Waals surface area contributed by atoms with E-state index in [0.29, 0.717) is 5.92 Å². The molecule has 0 aliphatic heterocycles. The first kappa shape index (κ1) is 11.8. The smallest absolute Gasteiger partial charge is 0.127 e. The van der Waals surface area contributed by atoms with E-state index in [1.807, 2.05) is 10.7 Å². The average molecular weight is 261 g/mol. The molecule has 1 aliphatic carbocycles. The van der Waals surface area contributed by atoms with Gasteiger partial charge in [0.15, 0.2) is 0 Å². The summed E-state index contributed by atoms with van der Waals surface area (Å²) >= 11 is 6.20. The van der Waals surface area contributed by atoms with Crippen molar-refractivity contribution in [3.05, 3.63) is 52.8 Å². The molecule has 0 radical (unpaired) electrons. The third-order valence-electron chi connectivity index (χ3n) is 3.42. The lowest BCUT2D eigenvalue weighted by Crippen LogP contribution is -2.02. The normalized spacial score (nSPS) is 14.9. The van der Waals surface area contributed by atoms with E-state index in [1.54, 1.807) is 0 Å². The van der Waals surface area contributed by atoms with Crippen LogP contribution in [0.5, 0.6) is 0 Å². The topological polar surface area (TPSA) is 17.8 Å². The van der Waals surface area contributed by atoms with E-state index in [2.05, 4.69) is 35.4 Å². The predicted molar refractivity (Wildman–Crippen MR) is 74.0 cm³/mol. The molecule has 0 saturated heterocycles. The summed E-state index contributed by atoms with van der Waals surface area (Å²) < 4.78 is 1.94. The standard InChI is InChI=1S/C15H17ClN2/c16-15-11-14(13-8-9-13)17-18(15)10-4-7-12-5-2-1-3-6-12/h1-3,5-6,11,13H,4,7-10H2. The molecule has 1 aromatic heterocycles. The van der Waals surface area contributed by atoms with E-state index in [0.717, 1.165) is 24.5 Å². The molecular weight excluding hydrogens is 244 g/mol. The molecule has 2 nitrogen and oxygen atoms in total. The van der Waals surface area contributed by atoms with Gasteiger partial charge in [0.1, 0.15) is 5.15 Å². The highest BCUT2D eigenvalue weighted by atomic mass is 35.5. The van der Waals surface area contributed by atoms with Crippen molar-refractivity contribution in [1.29, 1.82) is 0 Å². The zero-order chi connectivity index (χ0) is 12.4. The summed E-state index contributed by atoms with van der Waals surface area (Å²) in [6.07, 6.45) is 4.71. The summed E-state index contributed by atoms with van der Waals surface area (Å²) in [5.41, 5.74) is 2.56. The molecule has 3 rings (SSSR count). The summed E-state index contributed by atoms with van der Waals surface area (Å²) in [5.74, 6) is 0.679. The minimum Gasteiger partial charge on any atom is -0.254 e. The van der Waals surface area contributed by atoms with Gasteiger partial charge >= 0.3 is 0 Å². The molecule has 3 heteroatoms. The van der Waals surface area contributed by atoms with Crippen molar-refractivity contribution in [1.82, 2.24) is 9.78 Å². The van der Waals surface area contributed by atoms with Crippen LogP contribution in [-0.4, -0.2) is 9.78 Å². The van der Waals surface area contributed by atoms with Gasteiger partial charge in [-0.15, -0.1) is 0 Å². The van der Waals surface area contributed by atoms with Crippen LogP contribution in [0.4, 0.5) is 0 Å². The Morgan fingerprint density at radius 1 is 1.22 bits per heavy atom. The molecule has 94 valence electrons. The molecule has 1 aliphatic rings. The number of hydrogen-bond donors (Lipinski definition) is 0. The monoisotopic (exact) mass is 260 g/mol. The van der Waals surface area contributed by atoms with Crippen LogP contribution in [0.3, 0.4) is 0 Å². The third-order valence-corrected chi connectivity index (χ3v) is 3.73. The number of hydrogen-bond acceptors (Lipinski definition) is 1. The Hall–Kier alpha value is -1.28. The summed E-state index contributed by atoms with van der Waals surface area (Å²) in [6.45, 7) is 0.903. The summed E-state index contributed by atoms with van der Waals surface area (Å²) in [5, 5.41) is 5.37. The number of aromatic nitrogens is 2. The van der Waals surface area contributed by atoms with Crippen LogP contribution in [-0.2, 0) is 13.0 Å². The van der Waals surface area contributed by atoms with E-state index in [1.165, 1.54) is 24.1 Å². The number of benzene rings is 1. The van der Waals surface area contributed by atoms with Crippen LogP contribution in [0.25, 0.3) is 0 Å². The second-order valence-electron chi connectivity index (χ2n) is 4.98. The van der Waals surface area contributed by atoms with Gasteiger partial charge in [0, 0.05) is 12.5 Å². The van der Waals surface area contributed by atoms with Gasteiger partial charge in [-0.1, -0.05) is 41.9 Å². The van der Waals surface area contributed by atoms with Crippen molar-refractivity contribution in [2.45, 2.75) is 38.1 Å². The molecule has 0 N–H and O–H groups in total. The Bertz CT molecular complexity index is 515. The molecule has 18 heavy (non-hydrogen) atoms. The lowest BCUT2D eigenvalue weighted by atomic mass is 10.1. The Kier molecular flexibility index (Phi) is 3.37. The van der Waals surface area contributed by atoms with E-state index in [4.69, 9.17) is 11.6 Å². The molecule has 0 bridgehead atoms. The number of rotatable bonds is 5. The van der Waals surface area contributed by atoms with Gasteiger partial charge in [-0.25, -0.2) is 0 Å². The number of halogens is 1. The molecule has 1 fully saturated rings. The number of aryl methyl sites for hydroxylation is 2. The van der Waals surface area contributed by atoms with Crippen LogP contribution in [0.15, 0.2) is 36.4 Å². The van der Waals surface area contributed by atoms with Crippen LogP contribution < -0.4 is 0 Å². The fraction of sp³-hybridized carbons (Fsp3) is 0.400. The Labute approximate surface area is 113 Å². The Morgan fingerprint density at radius 3 is 2.72 bits per heavy atom. The zero-order valence-corrected chi connectivity index (χ0v) is 11.1. The van der Waals surface area contributed by atoms with Crippen molar-refractivity contribution in [3.8, 4) is 0 Å². The summed E-state index contributed by atoms with van der Waals surface area (Å²) in [6, 6.07) is 12.6. The van der Waals surface area contributed by atoms with E-state index in [9.17, 15) is 0 Å². The van der Waals surface area contributed by atoms with E-state index in [-0.39, 0.29) is 0 Å². The maximum Gasteiger partial charge on any atom is 0.127 e. The molecule has 0 spiro atoms. The lowest BCUT2D eigenvalue weighted by molar-refractivity contribution is 0.573. The molecule has 1 aromatic carbocycles. The molecule has 1 saturated carbocycles. The molecule has 2 aromatic rings. The van der Waals surface area contributed by atoms with Crippen molar-refractivity contribution < 1.29 is 0 Å². The highest BCUT2D eigenvalue weighted by Crippen LogP contribution is 2.39. The van der Waals surface area contributed by atoms with Gasteiger partial charge < -0.3 is 0 Å². The van der Waals surface area contributed by atoms with Gasteiger partial charge in [-0.3, -0.25) is 4.68 Å². The first-order valence-electron chi connectivity index (χ1n) is 6.60. The van der Waals surface area contributed by atoms with Gasteiger partial charge in [-0.2, -0.15) is 5.10 Å². The largest absolute Gasteiger partial charge is 0.254 e. The molecule has 0 atom stereocenters. The average Bonchev–Trinajstić information content (AvgIpc) is 3.17. The first-order valence-corrected chi connectivity index (χ1v) is 6.98. The van der Waals surface area contributed by atoms with E-state index < -0.39 is 0 Å². The van der Waals surface area contributed by atoms with Gasteiger partial charge in [-0.05, 0) is 37.3 Å². The predicted octanol–water partition coefficient (Wildman–Crippen LogP) is 4.05. The minimum absolute atomic E-state index is 0.679. The lowest BCUT2D eigenvalue weighted by Gasteiger charge is -2.03. The highest BCUT2D eigenvalue weighted by Gasteiger charge is 2.26. The Morgan fingerprint density at radius 2 is 2.00 bits per heavy atom. The SMILES string of the molecule is Clc1cc(C2CC2)nn1CCCc1ccccc1. The second-order valence-corrected chi connectivity index (χ2v) is 5.37. The first-order chi connectivity index (χ1) is 8.83. The van der Waals surface area contributed by atoms with Gasteiger partial charge in [0.25, 0.3) is 0 Å². The fourth-order valence-corrected chi connectivity index (χ4v) is 2.46. The van der Waals surface area contributed by atoms with Crippen LogP contribution >= 0.6 is 11.6 Å². The van der Waals surface area contributed by atoms with Crippen molar-refractivity contribution in [2.24, 2.45) is 0 Å². The van der Waals surface area contributed by atoms with Gasteiger partial charge in [0.05, 0.1) is 5.69 Å². The van der Waals surface area contributed by atoms with Crippen LogP contribution in [0.1, 0.15) is 36.4 Å². The number of nitrogens with zero attached hydrogens (tertiary/aromatic N) is 2.